The fourth-order valence-corrected chi connectivity index (χ4v) is 4.10. The van der Waals surface area contributed by atoms with Crippen molar-refractivity contribution in [2.75, 3.05) is 32.9 Å². The van der Waals surface area contributed by atoms with Crippen molar-refractivity contribution in [3.05, 3.63) is 35.7 Å². The van der Waals surface area contributed by atoms with Crippen LogP contribution in [0.5, 0.6) is 0 Å². The standard InChI is InChI=1S/C21H30N4O3.ClH/c1-4-27-17-13-21(22,20(17,2)3)19-23-18(24-28-19)16-7-5-15(6-8-16)14-25-9-11-26-12-10-25;/h5-8,17H,4,9-14,22H2,1-3H3;1H. The molecule has 4 rings (SSSR count). The zero-order chi connectivity index (χ0) is 19.8. The Morgan fingerprint density at radius 1 is 1.21 bits per heavy atom. The number of morpholine rings is 1. The van der Waals surface area contributed by atoms with Crippen molar-refractivity contribution in [2.24, 2.45) is 11.1 Å². The summed E-state index contributed by atoms with van der Waals surface area (Å²) in [7, 11) is 0. The summed E-state index contributed by atoms with van der Waals surface area (Å²) >= 11 is 0. The molecule has 2 fully saturated rings. The molecule has 2 unspecified atom stereocenters. The molecular weight excluding hydrogens is 392 g/mol. The molecule has 1 aliphatic carbocycles. The van der Waals surface area contributed by atoms with E-state index in [4.69, 9.17) is 19.7 Å². The molecule has 0 spiro atoms. The van der Waals surface area contributed by atoms with E-state index in [-0.39, 0.29) is 23.9 Å². The Bertz CT molecular complexity index is 805. The first-order valence-electron chi connectivity index (χ1n) is 10.1. The van der Waals surface area contributed by atoms with Gasteiger partial charge in [0.2, 0.25) is 11.7 Å². The smallest absolute Gasteiger partial charge is 0.247 e. The SMILES string of the molecule is CCOC1CC(N)(c2nc(-c3ccc(CN4CCOCC4)cc3)no2)C1(C)C.Cl. The molecule has 2 N–H and O–H groups in total. The van der Waals surface area contributed by atoms with Crippen LogP contribution in [-0.4, -0.2) is 54.1 Å². The minimum atomic E-state index is -0.658. The van der Waals surface area contributed by atoms with Crippen LogP contribution < -0.4 is 5.73 Å². The van der Waals surface area contributed by atoms with E-state index in [0.717, 1.165) is 38.4 Å². The highest BCUT2D eigenvalue weighted by Gasteiger charge is 2.62. The van der Waals surface area contributed by atoms with E-state index in [1.807, 2.05) is 19.1 Å². The van der Waals surface area contributed by atoms with E-state index in [2.05, 4.69) is 41.0 Å². The lowest BCUT2D eigenvalue weighted by Crippen LogP contribution is -2.67. The maximum atomic E-state index is 6.65. The molecular formula is C21H31ClN4O3. The van der Waals surface area contributed by atoms with Crippen molar-refractivity contribution < 1.29 is 14.0 Å². The quantitative estimate of drug-likeness (QED) is 0.765. The van der Waals surface area contributed by atoms with Crippen LogP contribution in [0.25, 0.3) is 11.4 Å². The summed E-state index contributed by atoms with van der Waals surface area (Å²) in [6, 6.07) is 8.33. The van der Waals surface area contributed by atoms with Gasteiger partial charge in [0.05, 0.1) is 19.3 Å². The Labute approximate surface area is 178 Å². The van der Waals surface area contributed by atoms with Gasteiger partial charge in [-0.25, -0.2) is 0 Å². The summed E-state index contributed by atoms with van der Waals surface area (Å²) in [5.41, 5.74) is 7.94. The highest BCUT2D eigenvalue weighted by atomic mass is 35.5. The minimum absolute atomic E-state index is 0. The van der Waals surface area contributed by atoms with E-state index in [1.165, 1.54) is 5.56 Å². The molecule has 1 aliphatic heterocycles. The second kappa shape index (κ2) is 8.70. The average Bonchev–Trinajstić information content (AvgIpc) is 3.19. The lowest BCUT2D eigenvalue weighted by atomic mass is 9.54. The van der Waals surface area contributed by atoms with Crippen molar-refractivity contribution in [1.29, 1.82) is 0 Å². The number of rotatable bonds is 6. The first kappa shape index (κ1) is 22.2. The number of ether oxygens (including phenoxy) is 2. The summed E-state index contributed by atoms with van der Waals surface area (Å²) in [5.74, 6) is 1.06. The van der Waals surface area contributed by atoms with Gasteiger partial charge in [0.15, 0.2) is 0 Å². The molecule has 1 saturated heterocycles. The summed E-state index contributed by atoms with van der Waals surface area (Å²) in [5, 5.41) is 4.18. The monoisotopic (exact) mass is 422 g/mol. The molecule has 2 aliphatic rings. The second-order valence-electron chi connectivity index (χ2n) is 8.35. The molecule has 1 aromatic carbocycles. The molecule has 1 aromatic heterocycles. The van der Waals surface area contributed by atoms with E-state index in [1.54, 1.807) is 0 Å². The van der Waals surface area contributed by atoms with Gasteiger partial charge < -0.3 is 19.7 Å². The third-order valence-electron chi connectivity index (χ3n) is 6.36. The Morgan fingerprint density at radius 3 is 2.52 bits per heavy atom. The summed E-state index contributed by atoms with van der Waals surface area (Å²) in [6.45, 7) is 11.4. The van der Waals surface area contributed by atoms with Gasteiger partial charge in [0.25, 0.3) is 0 Å². The largest absolute Gasteiger partial charge is 0.379 e. The Hall–Kier alpha value is -1.51. The number of hydrogen-bond acceptors (Lipinski definition) is 7. The summed E-state index contributed by atoms with van der Waals surface area (Å²) < 4.78 is 16.8. The third kappa shape index (κ3) is 4.07. The van der Waals surface area contributed by atoms with Crippen LogP contribution in [0.3, 0.4) is 0 Å². The van der Waals surface area contributed by atoms with Crippen molar-refractivity contribution in [1.82, 2.24) is 15.0 Å². The van der Waals surface area contributed by atoms with Crippen LogP contribution >= 0.6 is 12.4 Å². The molecule has 160 valence electrons. The van der Waals surface area contributed by atoms with Gasteiger partial charge in [-0.3, -0.25) is 4.90 Å². The number of nitrogens with zero attached hydrogens (tertiary/aromatic N) is 3. The number of aromatic nitrogens is 2. The molecule has 2 atom stereocenters. The van der Waals surface area contributed by atoms with Gasteiger partial charge in [-0.15, -0.1) is 12.4 Å². The van der Waals surface area contributed by atoms with Gasteiger partial charge in [-0.05, 0) is 12.5 Å². The predicted octanol–water partition coefficient (Wildman–Crippen LogP) is 2.98. The third-order valence-corrected chi connectivity index (χ3v) is 6.36. The van der Waals surface area contributed by atoms with E-state index < -0.39 is 5.54 Å². The first-order chi connectivity index (χ1) is 13.4. The zero-order valence-corrected chi connectivity index (χ0v) is 18.2. The first-order valence-corrected chi connectivity index (χ1v) is 10.1. The van der Waals surface area contributed by atoms with E-state index >= 15 is 0 Å². The second-order valence-corrected chi connectivity index (χ2v) is 8.35. The van der Waals surface area contributed by atoms with Crippen molar-refractivity contribution in [2.45, 2.75) is 45.4 Å². The molecule has 1 saturated carbocycles. The van der Waals surface area contributed by atoms with Gasteiger partial charge in [-0.2, -0.15) is 4.98 Å². The van der Waals surface area contributed by atoms with Crippen LogP contribution in [-0.2, 0) is 21.6 Å². The fourth-order valence-electron chi connectivity index (χ4n) is 4.10. The average molecular weight is 423 g/mol. The number of nitrogens with two attached hydrogens (primary N) is 1. The molecule has 29 heavy (non-hydrogen) atoms. The van der Waals surface area contributed by atoms with Crippen molar-refractivity contribution in [3.8, 4) is 11.4 Å². The number of halogens is 1. The highest BCUT2D eigenvalue weighted by Crippen LogP contribution is 2.55. The molecule has 2 aromatic rings. The maximum Gasteiger partial charge on any atom is 0.247 e. The van der Waals surface area contributed by atoms with Gasteiger partial charge in [-0.1, -0.05) is 43.3 Å². The highest BCUT2D eigenvalue weighted by molar-refractivity contribution is 5.85. The number of benzene rings is 1. The van der Waals surface area contributed by atoms with Crippen LogP contribution in [0.2, 0.25) is 0 Å². The number of hydrogen-bond donors (Lipinski definition) is 1. The summed E-state index contributed by atoms with van der Waals surface area (Å²) in [6.07, 6.45) is 0.797. The van der Waals surface area contributed by atoms with Crippen LogP contribution in [0.4, 0.5) is 0 Å². The molecule has 2 heterocycles. The topological polar surface area (TPSA) is 86.6 Å². The fraction of sp³-hybridized carbons (Fsp3) is 0.619. The predicted molar refractivity (Wildman–Crippen MR) is 113 cm³/mol. The van der Waals surface area contributed by atoms with Crippen LogP contribution in [0.1, 0.15) is 38.6 Å². The van der Waals surface area contributed by atoms with E-state index in [0.29, 0.717) is 24.7 Å². The molecule has 0 radical (unpaired) electrons. The van der Waals surface area contributed by atoms with Gasteiger partial charge in [0, 0.05) is 43.6 Å². The Kier molecular flexibility index (Phi) is 6.65. The van der Waals surface area contributed by atoms with Crippen molar-refractivity contribution in [3.63, 3.8) is 0 Å². The molecule has 0 bridgehead atoms. The lowest BCUT2D eigenvalue weighted by molar-refractivity contribution is -0.162. The van der Waals surface area contributed by atoms with Crippen LogP contribution in [0.15, 0.2) is 28.8 Å². The summed E-state index contributed by atoms with van der Waals surface area (Å²) in [4.78, 5) is 7.02. The normalized spacial score (nSPS) is 26.6. The zero-order valence-electron chi connectivity index (χ0n) is 17.4. The minimum Gasteiger partial charge on any atom is -0.379 e. The molecule has 0 amide bonds. The maximum absolute atomic E-state index is 6.65. The van der Waals surface area contributed by atoms with E-state index in [9.17, 15) is 0 Å². The van der Waals surface area contributed by atoms with Crippen LogP contribution in [0, 0.1) is 5.41 Å². The van der Waals surface area contributed by atoms with Gasteiger partial charge >= 0.3 is 0 Å². The Morgan fingerprint density at radius 2 is 1.90 bits per heavy atom. The Balaban J connectivity index is 0.00000240. The van der Waals surface area contributed by atoms with Crippen molar-refractivity contribution >= 4 is 12.4 Å². The lowest BCUT2D eigenvalue weighted by Gasteiger charge is -2.56. The van der Waals surface area contributed by atoms with Gasteiger partial charge in [0.1, 0.15) is 5.54 Å². The molecule has 7 nitrogen and oxygen atoms in total. The molecule has 8 heteroatoms.